The molecule has 124 valence electrons. The summed E-state index contributed by atoms with van der Waals surface area (Å²) in [6, 6.07) is 11.0. The maximum Gasteiger partial charge on any atom is 0.419 e. The van der Waals surface area contributed by atoms with Gasteiger partial charge in [0, 0.05) is 18.8 Å². The summed E-state index contributed by atoms with van der Waals surface area (Å²) < 4.78 is 6.48. The van der Waals surface area contributed by atoms with Crippen molar-refractivity contribution >= 4 is 22.8 Å². The Kier molecular flexibility index (Phi) is 3.99. The summed E-state index contributed by atoms with van der Waals surface area (Å²) >= 11 is 0. The molecule has 7 heteroatoms. The number of urea groups is 1. The molecule has 3 N–H and O–H groups in total. The van der Waals surface area contributed by atoms with Crippen molar-refractivity contribution < 1.29 is 14.3 Å². The number of phenolic OH excluding ortho intramolecular Hbond substituents is 1. The Morgan fingerprint density at radius 2 is 2.04 bits per heavy atom. The average molecular weight is 327 g/mol. The molecule has 2 amide bonds. The molecule has 3 aromatic rings. The van der Waals surface area contributed by atoms with Crippen molar-refractivity contribution in [2.45, 2.75) is 13.0 Å². The fraction of sp³-hybridized carbons (Fsp3) is 0.176. The first-order chi connectivity index (χ1) is 11.4. The monoisotopic (exact) mass is 327 g/mol. The molecule has 1 aromatic heterocycles. The first kappa shape index (κ1) is 15.7. The lowest BCUT2D eigenvalue weighted by molar-refractivity contribution is 0.249. The van der Waals surface area contributed by atoms with E-state index in [-0.39, 0.29) is 11.8 Å². The molecule has 0 aliphatic heterocycles. The van der Waals surface area contributed by atoms with Gasteiger partial charge in [-0.25, -0.2) is 9.59 Å². The Balaban J connectivity index is 1.71. The number of nitrogens with zero attached hydrogens (tertiary/aromatic N) is 1. The van der Waals surface area contributed by atoms with Crippen molar-refractivity contribution in [3.8, 4) is 5.75 Å². The molecule has 24 heavy (non-hydrogen) atoms. The zero-order chi connectivity index (χ0) is 17.3. The van der Waals surface area contributed by atoms with E-state index >= 15 is 0 Å². The van der Waals surface area contributed by atoms with Gasteiger partial charge in [0.15, 0.2) is 5.58 Å². The number of hydrogen-bond acceptors (Lipinski definition) is 4. The summed E-state index contributed by atoms with van der Waals surface area (Å²) in [4.78, 5) is 23.6. The van der Waals surface area contributed by atoms with Crippen LogP contribution in [-0.2, 0) is 7.05 Å². The molecule has 0 fully saturated rings. The van der Waals surface area contributed by atoms with Crippen molar-refractivity contribution in [3.63, 3.8) is 0 Å². The van der Waals surface area contributed by atoms with Crippen LogP contribution in [0.2, 0.25) is 0 Å². The number of rotatable bonds is 3. The van der Waals surface area contributed by atoms with Gasteiger partial charge in [-0.2, -0.15) is 0 Å². The lowest BCUT2D eigenvalue weighted by atomic mass is 10.1. The van der Waals surface area contributed by atoms with Crippen LogP contribution in [0.15, 0.2) is 51.7 Å². The Hall–Kier alpha value is -3.22. The molecule has 0 aliphatic rings. The maximum absolute atomic E-state index is 12.1. The first-order valence-corrected chi connectivity index (χ1v) is 7.40. The standard InChI is InChI=1S/C17H17N3O4/c1-10(11-4-3-5-13(21)8-11)18-16(22)19-12-6-7-14-15(9-12)24-17(23)20(14)2/h3-10,21H,1-2H3,(H2,18,19,22)/t10-/m0/s1. The van der Waals surface area contributed by atoms with Gasteiger partial charge in [-0.15, -0.1) is 0 Å². The minimum Gasteiger partial charge on any atom is -0.508 e. The molecule has 0 spiro atoms. The van der Waals surface area contributed by atoms with Gasteiger partial charge in [0.25, 0.3) is 0 Å². The van der Waals surface area contributed by atoms with Gasteiger partial charge in [-0.3, -0.25) is 4.57 Å². The van der Waals surface area contributed by atoms with Crippen LogP contribution in [0, 0.1) is 0 Å². The average Bonchev–Trinajstić information content (AvgIpc) is 2.81. The van der Waals surface area contributed by atoms with Gasteiger partial charge < -0.3 is 20.2 Å². The Bertz CT molecular complexity index is 958. The fourth-order valence-electron chi connectivity index (χ4n) is 2.45. The minimum atomic E-state index is -0.455. The van der Waals surface area contributed by atoms with Crippen molar-refractivity contribution in [3.05, 3.63) is 58.6 Å². The summed E-state index contributed by atoms with van der Waals surface area (Å²) in [7, 11) is 1.62. The van der Waals surface area contributed by atoms with Gasteiger partial charge >= 0.3 is 11.8 Å². The van der Waals surface area contributed by atoms with E-state index in [0.717, 1.165) is 5.56 Å². The van der Waals surface area contributed by atoms with Crippen molar-refractivity contribution in [2.75, 3.05) is 5.32 Å². The highest BCUT2D eigenvalue weighted by atomic mass is 16.4. The molecule has 0 radical (unpaired) electrons. The molecule has 3 rings (SSSR count). The minimum absolute atomic E-state index is 0.145. The molecular weight excluding hydrogens is 310 g/mol. The number of phenols is 1. The van der Waals surface area contributed by atoms with E-state index in [4.69, 9.17) is 4.42 Å². The topological polar surface area (TPSA) is 96.5 Å². The molecule has 0 bridgehead atoms. The van der Waals surface area contributed by atoms with E-state index in [1.807, 2.05) is 13.0 Å². The number of carbonyl (C=O) groups excluding carboxylic acids is 1. The summed E-state index contributed by atoms with van der Waals surface area (Å²) in [5.41, 5.74) is 2.35. The number of fused-ring (bicyclic) bond motifs is 1. The molecular formula is C17H17N3O4. The van der Waals surface area contributed by atoms with Crippen LogP contribution in [-0.4, -0.2) is 15.7 Å². The van der Waals surface area contributed by atoms with Crippen LogP contribution in [0.25, 0.3) is 11.1 Å². The van der Waals surface area contributed by atoms with Gasteiger partial charge in [-0.1, -0.05) is 12.1 Å². The largest absolute Gasteiger partial charge is 0.508 e. The van der Waals surface area contributed by atoms with Crippen LogP contribution in [0.1, 0.15) is 18.5 Å². The second-order valence-corrected chi connectivity index (χ2v) is 5.52. The molecule has 7 nitrogen and oxygen atoms in total. The highest BCUT2D eigenvalue weighted by Crippen LogP contribution is 2.19. The number of aromatic hydroxyl groups is 1. The smallest absolute Gasteiger partial charge is 0.419 e. The summed E-state index contributed by atoms with van der Waals surface area (Å²) in [5.74, 6) is -0.310. The number of oxazole rings is 1. The van der Waals surface area contributed by atoms with Gasteiger partial charge in [0.2, 0.25) is 0 Å². The van der Waals surface area contributed by atoms with Crippen molar-refractivity contribution in [1.29, 1.82) is 0 Å². The number of hydrogen-bond donors (Lipinski definition) is 3. The van der Waals surface area contributed by atoms with E-state index in [9.17, 15) is 14.7 Å². The number of amides is 2. The number of aryl methyl sites for hydroxylation is 1. The second-order valence-electron chi connectivity index (χ2n) is 5.52. The first-order valence-electron chi connectivity index (χ1n) is 7.40. The normalized spacial score (nSPS) is 12.1. The quantitative estimate of drug-likeness (QED) is 0.689. The molecule has 1 heterocycles. The third-order valence-electron chi connectivity index (χ3n) is 3.77. The summed E-state index contributed by atoms with van der Waals surface area (Å²) in [6.07, 6.45) is 0. The van der Waals surface area contributed by atoms with E-state index in [1.165, 1.54) is 4.57 Å². The van der Waals surface area contributed by atoms with E-state index < -0.39 is 11.8 Å². The van der Waals surface area contributed by atoms with E-state index in [0.29, 0.717) is 16.8 Å². The van der Waals surface area contributed by atoms with Crippen molar-refractivity contribution in [2.24, 2.45) is 7.05 Å². The van der Waals surface area contributed by atoms with Crippen LogP contribution in [0.3, 0.4) is 0 Å². The van der Waals surface area contributed by atoms with Crippen LogP contribution in [0.5, 0.6) is 5.75 Å². The number of benzene rings is 2. The third-order valence-corrected chi connectivity index (χ3v) is 3.77. The Morgan fingerprint density at radius 1 is 1.25 bits per heavy atom. The maximum atomic E-state index is 12.1. The highest BCUT2D eigenvalue weighted by molar-refractivity contribution is 5.91. The number of carbonyl (C=O) groups is 1. The zero-order valence-electron chi connectivity index (χ0n) is 13.2. The van der Waals surface area contributed by atoms with Crippen LogP contribution in [0.4, 0.5) is 10.5 Å². The molecule has 2 aromatic carbocycles. The Morgan fingerprint density at radius 3 is 2.79 bits per heavy atom. The summed E-state index contributed by atoms with van der Waals surface area (Å²) in [5, 5.41) is 15.0. The summed E-state index contributed by atoms with van der Waals surface area (Å²) in [6.45, 7) is 1.81. The van der Waals surface area contributed by atoms with Gasteiger partial charge in [-0.05, 0) is 36.8 Å². The van der Waals surface area contributed by atoms with Gasteiger partial charge in [0.1, 0.15) is 5.75 Å². The molecule has 0 unspecified atom stereocenters. The van der Waals surface area contributed by atoms with Crippen molar-refractivity contribution in [1.82, 2.24) is 9.88 Å². The Labute approximate surface area is 137 Å². The third kappa shape index (κ3) is 3.10. The number of anilines is 1. The van der Waals surface area contributed by atoms with Crippen LogP contribution < -0.4 is 16.4 Å². The lowest BCUT2D eigenvalue weighted by Gasteiger charge is -2.15. The second kappa shape index (κ2) is 6.11. The van der Waals surface area contributed by atoms with E-state index in [1.54, 1.807) is 43.4 Å². The zero-order valence-corrected chi connectivity index (χ0v) is 13.2. The number of nitrogens with one attached hydrogen (secondary N) is 2. The van der Waals surface area contributed by atoms with Gasteiger partial charge in [0.05, 0.1) is 11.6 Å². The lowest BCUT2D eigenvalue weighted by Crippen LogP contribution is -2.31. The van der Waals surface area contributed by atoms with Crippen LogP contribution >= 0.6 is 0 Å². The predicted octanol–water partition coefficient (Wildman–Crippen LogP) is 2.72. The SMILES string of the molecule is C[C@H](NC(=O)Nc1ccc2c(c1)oc(=O)n2C)c1cccc(O)c1. The fourth-order valence-corrected chi connectivity index (χ4v) is 2.45. The molecule has 0 aliphatic carbocycles. The van der Waals surface area contributed by atoms with E-state index in [2.05, 4.69) is 10.6 Å². The highest BCUT2D eigenvalue weighted by Gasteiger charge is 2.11. The molecule has 0 saturated heterocycles. The molecule has 0 saturated carbocycles. The molecule has 1 atom stereocenters. The predicted molar refractivity (Wildman–Crippen MR) is 90.1 cm³/mol. The number of aromatic nitrogens is 1.